The van der Waals surface area contributed by atoms with Gasteiger partial charge in [0, 0.05) is 21.9 Å². The zero-order valence-electron chi connectivity index (χ0n) is 19.0. The van der Waals surface area contributed by atoms with E-state index in [0.29, 0.717) is 22.5 Å². The number of benzene rings is 3. The Kier molecular flexibility index (Phi) is 5.93. The van der Waals surface area contributed by atoms with Crippen LogP contribution in [0.15, 0.2) is 72.9 Å². The number of hydrogen-bond donors (Lipinski definition) is 4. The van der Waals surface area contributed by atoms with E-state index in [1.807, 2.05) is 54.6 Å². The zero-order chi connectivity index (χ0) is 24.6. The number of nitrogens with zero attached hydrogens (tertiary/aromatic N) is 3. The van der Waals surface area contributed by atoms with Gasteiger partial charge < -0.3 is 20.3 Å². The summed E-state index contributed by atoms with van der Waals surface area (Å²) >= 11 is 6.36. The minimum Gasteiger partial charge on any atom is -0.508 e. The molecule has 4 N–H and O–H groups in total. The molecule has 2 aromatic heterocycles. The topological polar surface area (TPSA) is 116 Å². The van der Waals surface area contributed by atoms with Crippen LogP contribution in [0.3, 0.4) is 0 Å². The first-order valence-electron chi connectivity index (χ1n) is 10.8. The van der Waals surface area contributed by atoms with Crippen molar-refractivity contribution in [1.29, 1.82) is 0 Å². The van der Waals surface area contributed by atoms with Gasteiger partial charge in [0.2, 0.25) is 5.95 Å². The first kappa shape index (κ1) is 22.9. The van der Waals surface area contributed by atoms with Gasteiger partial charge in [0.15, 0.2) is 5.82 Å². The average molecular weight is 505 g/mol. The van der Waals surface area contributed by atoms with Gasteiger partial charge in [-0.05, 0) is 67.9 Å². The number of nitrogens with one attached hydrogen (secondary N) is 3. The molecule has 0 radical (unpaired) electrons. The number of aromatic amines is 1. The molecule has 8 nitrogen and oxygen atoms in total. The SMILES string of the molecule is CP(C)(=O)c1ccccc1Nc1nc(Nc2ccc3[nH]nc(-c4ccc(O)cc4)c3c2)ncc1Cl. The molecule has 35 heavy (non-hydrogen) atoms. The summed E-state index contributed by atoms with van der Waals surface area (Å²) in [5.74, 6) is 0.947. The number of anilines is 4. The predicted octanol–water partition coefficient (Wildman–Crippen LogP) is 6.11. The molecule has 176 valence electrons. The first-order chi connectivity index (χ1) is 16.8. The number of phenolic OH excluding ortho intramolecular Hbond substituents is 1. The molecule has 0 saturated carbocycles. The van der Waals surface area contributed by atoms with Crippen molar-refractivity contribution in [3.05, 3.63) is 77.9 Å². The molecule has 0 fully saturated rings. The van der Waals surface area contributed by atoms with Crippen LogP contribution < -0.4 is 15.9 Å². The van der Waals surface area contributed by atoms with Gasteiger partial charge in [0.25, 0.3) is 0 Å². The molecule has 5 rings (SSSR count). The van der Waals surface area contributed by atoms with Crippen molar-refractivity contribution in [3.63, 3.8) is 0 Å². The van der Waals surface area contributed by atoms with Gasteiger partial charge >= 0.3 is 0 Å². The quantitative estimate of drug-likeness (QED) is 0.206. The molecule has 0 unspecified atom stereocenters. The van der Waals surface area contributed by atoms with E-state index in [4.69, 9.17) is 11.6 Å². The molecule has 2 heterocycles. The van der Waals surface area contributed by atoms with Crippen molar-refractivity contribution >= 4 is 58.1 Å². The lowest BCUT2D eigenvalue weighted by atomic mass is 10.1. The van der Waals surface area contributed by atoms with Gasteiger partial charge in [0.05, 0.1) is 23.1 Å². The van der Waals surface area contributed by atoms with E-state index in [-0.39, 0.29) is 5.75 Å². The summed E-state index contributed by atoms with van der Waals surface area (Å²) in [6.07, 6.45) is 1.51. The third-order valence-electron chi connectivity index (χ3n) is 5.44. The molecule has 3 aromatic carbocycles. The highest BCUT2D eigenvalue weighted by molar-refractivity contribution is 7.70. The Balaban J connectivity index is 1.45. The van der Waals surface area contributed by atoms with Crippen LogP contribution in [0.4, 0.5) is 23.1 Å². The maximum absolute atomic E-state index is 12.7. The number of H-pyrrole nitrogens is 1. The molecule has 0 spiro atoms. The zero-order valence-corrected chi connectivity index (χ0v) is 20.6. The van der Waals surface area contributed by atoms with E-state index in [0.717, 1.165) is 33.2 Å². The summed E-state index contributed by atoms with van der Waals surface area (Å²) in [4.78, 5) is 8.84. The number of rotatable bonds is 6. The van der Waals surface area contributed by atoms with E-state index < -0.39 is 7.14 Å². The Bertz CT molecular complexity index is 1580. The molecule has 0 aliphatic rings. The molecule has 0 saturated heterocycles. The fraction of sp³-hybridized carbons (Fsp3) is 0.0800. The van der Waals surface area contributed by atoms with Crippen LogP contribution in [0, 0.1) is 0 Å². The number of halogens is 1. The summed E-state index contributed by atoms with van der Waals surface area (Å²) < 4.78 is 12.7. The highest BCUT2D eigenvalue weighted by Crippen LogP contribution is 2.38. The second-order valence-electron chi connectivity index (χ2n) is 8.39. The monoisotopic (exact) mass is 504 g/mol. The summed E-state index contributed by atoms with van der Waals surface area (Å²) in [5.41, 5.74) is 3.97. The van der Waals surface area contributed by atoms with Gasteiger partial charge in [-0.2, -0.15) is 10.1 Å². The van der Waals surface area contributed by atoms with Gasteiger partial charge in [-0.3, -0.25) is 5.10 Å². The van der Waals surface area contributed by atoms with Crippen LogP contribution in [-0.4, -0.2) is 38.6 Å². The lowest BCUT2D eigenvalue weighted by Crippen LogP contribution is -2.10. The van der Waals surface area contributed by atoms with Crippen LogP contribution in [0.5, 0.6) is 5.75 Å². The third-order valence-corrected chi connectivity index (χ3v) is 7.27. The number of hydrogen-bond acceptors (Lipinski definition) is 7. The molecule has 0 aliphatic heterocycles. The molecular weight excluding hydrogens is 483 g/mol. The van der Waals surface area contributed by atoms with Crippen molar-refractivity contribution in [3.8, 4) is 17.0 Å². The minimum atomic E-state index is -2.51. The smallest absolute Gasteiger partial charge is 0.229 e. The van der Waals surface area contributed by atoms with Crippen LogP contribution in [-0.2, 0) is 4.57 Å². The summed E-state index contributed by atoms with van der Waals surface area (Å²) in [6, 6.07) is 20.0. The summed E-state index contributed by atoms with van der Waals surface area (Å²) in [7, 11) is -2.51. The van der Waals surface area contributed by atoms with Crippen LogP contribution in [0.25, 0.3) is 22.2 Å². The largest absolute Gasteiger partial charge is 0.508 e. The van der Waals surface area contributed by atoms with Crippen molar-refractivity contribution in [1.82, 2.24) is 20.2 Å². The highest BCUT2D eigenvalue weighted by atomic mass is 35.5. The third kappa shape index (κ3) is 4.85. The van der Waals surface area contributed by atoms with E-state index in [9.17, 15) is 9.67 Å². The average Bonchev–Trinajstić information content (AvgIpc) is 3.25. The molecule has 10 heteroatoms. The van der Waals surface area contributed by atoms with Crippen LogP contribution >= 0.6 is 18.7 Å². The molecular formula is C25H22ClN6O2P. The Morgan fingerprint density at radius 2 is 1.77 bits per heavy atom. The Morgan fingerprint density at radius 3 is 2.54 bits per heavy atom. The van der Waals surface area contributed by atoms with E-state index >= 15 is 0 Å². The van der Waals surface area contributed by atoms with Crippen LogP contribution in [0.2, 0.25) is 5.02 Å². The number of aromatic hydroxyl groups is 1. The standard InChI is InChI=1S/C25H22ClN6O2P/c1-35(2,34)22-6-4-3-5-21(22)29-24-19(26)14-27-25(30-24)28-16-9-12-20-18(13-16)23(32-31-20)15-7-10-17(33)11-8-15/h3-14,33H,1-2H3,(H,31,32)(H2,27,28,29,30). The second kappa shape index (κ2) is 9.06. The number of phenols is 1. The molecule has 0 atom stereocenters. The van der Waals surface area contributed by atoms with Crippen molar-refractivity contribution in [2.45, 2.75) is 0 Å². The Morgan fingerprint density at radius 1 is 1.00 bits per heavy atom. The maximum Gasteiger partial charge on any atom is 0.229 e. The van der Waals surface area contributed by atoms with Crippen molar-refractivity contribution in [2.75, 3.05) is 24.0 Å². The Labute approximate surface area is 206 Å². The number of fused-ring (bicyclic) bond motifs is 1. The maximum atomic E-state index is 12.7. The summed E-state index contributed by atoms with van der Waals surface area (Å²) in [5, 5.41) is 25.4. The highest BCUT2D eigenvalue weighted by Gasteiger charge is 2.17. The van der Waals surface area contributed by atoms with Crippen molar-refractivity contribution < 1.29 is 9.67 Å². The number of aromatic nitrogens is 4. The number of para-hydroxylation sites is 1. The molecule has 0 aliphatic carbocycles. The van der Waals surface area contributed by atoms with Crippen LogP contribution in [0.1, 0.15) is 0 Å². The predicted molar refractivity (Wildman–Crippen MR) is 142 cm³/mol. The minimum absolute atomic E-state index is 0.198. The molecule has 0 amide bonds. The lowest BCUT2D eigenvalue weighted by molar-refractivity contribution is 0.475. The van der Waals surface area contributed by atoms with Crippen molar-refractivity contribution in [2.24, 2.45) is 0 Å². The molecule has 0 bridgehead atoms. The van der Waals surface area contributed by atoms with Gasteiger partial charge in [-0.15, -0.1) is 0 Å². The first-order valence-corrected chi connectivity index (χ1v) is 13.7. The van der Waals surface area contributed by atoms with E-state index in [1.54, 1.807) is 25.5 Å². The van der Waals surface area contributed by atoms with E-state index in [1.165, 1.54) is 6.20 Å². The Hall–Kier alpha value is -3.87. The fourth-order valence-corrected chi connectivity index (χ4v) is 5.05. The van der Waals surface area contributed by atoms with E-state index in [2.05, 4.69) is 30.8 Å². The summed E-state index contributed by atoms with van der Waals surface area (Å²) in [6.45, 7) is 3.45. The van der Waals surface area contributed by atoms with Gasteiger partial charge in [0.1, 0.15) is 17.9 Å². The lowest BCUT2D eigenvalue weighted by Gasteiger charge is -2.15. The van der Waals surface area contributed by atoms with Gasteiger partial charge in [-0.1, -0.05) is 23.7 Å². The second-order valence-corrected chi connectivity index (χ2v) is 12.0. The normalized spacial score (nSPS) is 11.5. The molecule has 5 aromatic rings. The fourth-order valence-electron chi connectivity index (χ4n) is 3.75. The van der Waals surface area contributed by atoms with Gasteiger partial charge in [-0.25, -0.2) is 4.98 Å².